The molecule has 0 aliphatic heterocycles. The first kappa shape index (κ1) is 16.6. The molecule has 0 spiro atoms. The van der Waals surface area contributed by atoms with Gasteiger partial charge in [-0.05, 0) is 43.2 Å². The molecule has 0 fully saturated rings. The van der Waals surface area contributed by atoms with Crippen molar-refractivity contribution < 1.29 is 4.79 Å². The number of nitrogens with one attached hydrogen (secondary N) is 2. The van der Waals surface area contributed by atoms with Gasteiger partial charge in [0.1, 0.15) is 17.8 Å². The second kappa shape index (κ2) is 7.53. The summed E-state index contributed by atoms with van der Waals surface area (Å²) in [6, 6.07) is 11.4. The van der Waals surface area contributed by atoms with E-state index in [4.69, 9.17) is 0 Å². The van der Waals surface area contributed by atoms with Crippen LogP contribution < -0.4 is 10.6 Å². The number of nitrogens with zero attached hydrogens (tertiary/aromatic N) is 3. The van der Waals surface area contributed by atoms with Crippen molar-refractivity contribution in [1.29, 1.82) is 0 Å². The summed E-state index contributed by atoms with van der Waals surface area (Å²) >= 11 is 0. The van der Waals surface area contributed by atoms with E-state index in [0.717, 1.165) is 22.4 Å². The summed E-state index contributed by atoms with van der Waals surface area (Å²) in [5.41, 5.74) is 4.33. The van der Waals surface area contributed by atoms with Gasteiger partial charge in [0.2, 0.25) is 0 Å². The van der Waals surface area contributed by atoms with Gasteiger partial charge in [0.15, 0.2) is 0 Å². The summed E-state index contributed by atoms with van der Waals surface area (Å²) in [6.45, 7) is 4.58. The molecule has 1 amide bonds. The molecule has 0 aliphatic rings. The summed E-state index contributed by atoms with van der Waals surface area (Å²) in [5, 5.41) is 6.07. The Morgan fingerprint density at radius 3 is 2.60 bits per heavy atom. The van der Waals surface area contributed by atoms with E-state index in [-0.39, 0.29) is 5.91 Å². The van der Waals surface area contributed by atoms with Gasteiger partial charge < -0.3 is 10.6 Å². The molecule has 0 unspecified atom stereocenters. The molecule has 2 aromatic heterocycles. The van der Waals surface area contributed by atoms with Crippen molar-refractivity contribution in [2.24, 2.45) is 0 Å². The molecule has 3 aromatic rings. The number of anilines is 2. The van der Waals surface area contributed by atoms with E-state index in [2.05, 4.69) is 25.6 Å². The Hall–Kier alpha value is -3.28. The van der Waals surface area contributed by atoms with Crippen molar-refractivity contribution in [3.63, 3.8) is 0 Å². The minimum Gasteiger partial charge on any atom is -0.366 e. The lowest BCUT2D eigenvalue weighted by Crippen LogP contribution is -2.15. The highest BCUT2D eigenvalue weighted by Gasteiger charge is 2.10. The Kier molecular flexibility index (Phi) is 4.99. The van der Waals surface area contributed by atoms with Crippen LogP contribution in [0.5, 0.6) is 0 Å². The van der Waals surface area contributed by atoms with Crippen LogP contribution in [0.3, 0.4) is 0 Å². The van der Waals surface area contributed by atoms with E-state index in [9.17, 15) is 4.79 Å². The number of rotatable bonds is 5. The average molecular weight is 333 g/mol. The maximum atomic E-state index is 12.4. The van der Waals surface area contributed by atoms with Crippen molar-refractivity contribution in [3.8, 4) is 0 Å². The van der Waals surface area contributed by atoms with Crippen LogP contribution in [-0.2, 0) is 6.54 Å². The van der Waals surface area contributed by atoms with Crippen molar-refractivity contribution in [3.05, 3.63) is 77.5 Å². The Labute approximate surface area is 146 Å². The normalized spacial score (nSPS) is 10.3. The summed E-state index contributed by atoms with van der Waals surface area (Å²) in [6.07, 6.45) is 4.85. The smallest absolute Gasteiger partial charge is 0.274 e. The molecule has 6 heteroatoms. The third-order valence-corrected chi connectivity index (χ3v) is 3.75. The molecule has 1 aromatic carbocycles. The third kappa shape index (κ3) is 4.38. The summed E-state index contributed by atoms with van der Waals surface area (Å²) < 4.78 is 0. The zero-order chi connectivity index (χ0) is 17.6. The molecule has 3 rings (SSSR count). The van der Waals surface area contributed by atoms with Crippen LogP contribution in [0, 0.1) is 13.8 Å². The van der Waals surface area contributed by atoms with E-state index in [1.807, 2.05) is 44.2 Å². The summed E-state index contributed by atoms with van der Waals surface area (Å²) in [4.78, 5) is 24.6. The maximum absolute atomic E-state index is 12.4. The van der Waals surface area contributed by atoms with Gasteiger partial charge >= 0.3 is 0 Å². The quantitative estimate of drug-likeness (QED) is 0.748. The van der Waals surface area contributed by atoms with Gasteiger partial charge in [0.25, 0.3) is 5.91 Å². The van der Waals surface area contributed by atoms with Crippen molar-refractivity contribution in [2.45, 2.75) is 20.4 Å². The van der Waals surface area contributed by atoms with Gasteiger partial charge in [-0.2, -0.15) is 0 Å². The number of hydrogen-bond donors (Lipinski definition) is 2. The lowest BCUT2D eigenvalue weighted by Gasteiger charge is -2.10. The van der Waals surface area contributed by atoms with E-state index in [0.29, 0.717) is 18.1 Å². The predicted octanol–water partition coefficient (Wildman–Crippen LogP) is 3.35. The summed E-state index contributed by atoms with van der Waals surface area (Å²) in [7, 11) is 0. The lowest BCUT2D eigenvalue weighted by atomic mass is 10.1. The molecular formula is C19H19N5O. The van der Waals surface area contributed by atoms with Crippen molar-refractivity contribution in [2.75, 3.05) is 10.6 Å². The highest BCUT2D eigenvalue weighted by Crippen LogP contribution is 2.17. The van der Waals surface area contributed by atoms with E-state index in [1.165, 1.54) is 6.33 Å². The number of aryl methyl sites for hydroxylation is 2. The molecule has 25 heavy (non-hydrogen) atoms. The molecule has 0 atom stereocenters. The first-order valence-corrected chi connectivity index (χ1v) is 7.95. The minimum absolute atomic E-state index is 0.263. The molecule has 2 N–H and O–H groups in total. The Bertz CT molecular complexity index is 880. The SMILES string of the molecule is Cc1ccc(NC(=O)c2cc(NCc3ccncc3)ncn2)c(C)c1. The molecule has 126 valence electrons. The number of amides is 1. The van der Waals surface area contributed by atoms with E-state index < -0.39 is 0 Å². The largest absolute Gasteiger partial charge is 0.366 e. The van der Waals surface area contributed by atoms with Gasteiger partial charge in [0, 0.05) is 30.7 Å². The maximum Gasteiger partial charge on any atom is 0.274 e. The number of carbonyl (C=O) groups excluding carboxylic acids is 1. The van der Waals surface area contributed by atoms with Crippen LogP contribution in [-0.4, -0.2) is 20.9 Å². The molecule has 2 heterocycles. The van der Waals surface area contributed by atoms with Crippen LogP contribution in [0.25, 0.3) is 0 Å². The third-order valence-electron chi connectivity index (χ3n) is 3.75. The van der Waals surface area contributed by atoms with Crippen LogP contribution in [0.4, 0.5) is 11.5 Å². The van der Waals surface area contributed by atoms with Gasteiger partial charge in [-0.3, -0.25) is 9.78 Å². The van der Waals surface area contributed by atoms with E-state index >= 15 is 0 Å². The monoisotopic (exact) mass is 333 g/mol. The van der Waals surface area contributed by atoms with Crippen LogP contribution in [0.15, 0.2) is 55.1 Å². The number of pyridine rings is 1. The van der Waals surface area contributed by atoms with Crippen LogP contribution in [0.2, 0.25) is 0 Å². The zero-order valence-electron chi connectivity index (χ0n) is 14.2. The molecular weight excluding hydrogens is 314 g/mol. The highest BCUT2D eigenvalue weighted by molar-refractivity contribution is 6.03. The molecule has 6 nitrogen and oxygen atoms in total. The molecule has 0 saturated heterocycles. The Morgan fingerprint density at radius 1 is 1.04 bits per heavy atom. The number of carbonyl (C=O) groups is 1. The highest BCUT2D eigenvalue weighted by atomic mass is 16.1. The number of benzene rings is 1. The Balaban J connectivity index is 1.69. The minimum atomic E-state index is -0.263. The van der Waals surface area contributed by atoms with Crippen molar-refractivity contribution in [1.82, 2.24) is 15.0 Å². The van der Waals surface area contributed by atoms with Gasteiger partial charge in [-0.15, -0.1) is 0 Å². The van der Waals surface area contributed by atoms with Crippen LogP contribution in [0.1, 0.15) is 27.2 Å². The number of aromatic nitrogens is 3. The molecule has 0 bridgehead atoms. The zero-order valence-corrected chi connectivity index (χ0v) is 14.2. The fourth-order valence-corrected chi connectivity index (χ4v) is 2.41. The summed E-state index contributed by atoms with van der Waals surface area (Å²) in [5.74, 6) is 0.332. The predicted molar refractivity (Wildman–Crippen MR) is 97.5 cm³/mol. The molecule has 0 aliphatic carbocycles. The first-order valence-electron chi connectivity index (χ1n) is 7.95. The van der Waals surface area contributed by atoms with Gasteiger partial charge in [-0.25, -0.2) is 9.97 Å². The van der Waals surface area contributed by atoms with Gasteiger partial charge in [-0.1, -0.05) is 17.7 Å². The second-order valence-electron chi connectivity index (χ2n) is 5.77. The Morgan fingerprint density at radius 2 is 1.84 bits per heavy atom. The fraction of sp³-hybridized carbons (Fsp3) is 0.158. The lowest BCUT2D eigenvalue weighted by molar-refractivity contribution is 0.102. The standard InChI is InChI=1S/C19H19N5O/c1-13-3-4-16(14(2)9-13)24-19(25)17-10-18(23-12-22-17)21-11-15-5-7-20-8-6-15/h3-10,12H,11H2,1-2H3,(H,24,25)(H,21,22,23). The first-order chi connectivity index (χ1) is 12.1. The molecule has 0 radical (unpaired) electrons. The van der Waals surface area contributed by atoms with Crippen LogP contribution >= 0.6 is 0 Å². The van der Waals surface area contributed by atoms with Gasteiger partial charge in [0.05, 0.1) is 0 Å². The molecule has 0 saturated carbocycles. The topological polar surface area (TPSA) is 79.8 Å². The second-order valence-corrected chi connectivity index (χ2v) is 5.77. The van der Waals surface area contributed by atoms with Crippen molar-refractivity contribution >= 4 is 17.4 Å². The van der Waals surface area contributed by atoms with E-state index in [1.54, 1.807) is 18.5 Å². The average Bonchev–Trinajstić information content (AvgIpc) is 2.63. The number of hydrogen-bond acceptors (Lipinski definition) is 5. The fourth-order valence-electron chi connectivity index (χ4n) is 2.41.